The summed E-state index contributed by atoms with van der Waals surface area (Å²) in [4.78, 5) is 21.5. The third-order valence-electron chi connectivity index (χ3n) is 3.23. The Balaban J connectivity index is 1.87. The molecule has 0 aliphatic carbocycles. The molecule has 0 bridgehead atoms. The molecule has 1 fully saturated rings. The average molecular weight is 263 g/mol. The zero-order valence-corrected chi connectivity index (χ0v) is 10.6. The number of nitro benzene ring substituents is 1. The van der Waals surface area contributed by atoms with Crippen LogP contribution in [0, 0.1) is 10.1 Å². The Morgan fingerprint density at radius 3 is 2.79 bits per heavy atom. The summed E-state index contributed by atoms with van der Waals surface area (Å²) >= 11 is 0. The average Bonchev–Trinajstić information content (AvgIpc) is 2.61. The summed E-state index contributed by atoms with van der Waals surface area (Å²) in [5.41, 5.74) is 1.08. The van der Waals surface area contributed by atoms with E-state index in [9.17, 15) is 14.9 Å². The fraction of sp³-hybridized carbons (Fsp3) is 0.462. The van der Waals surface area contributed by atoms with E-state index >= 15 is 0 Å². The summed E-state index contributed by atoms with van der Waals surface area (Å²) in [6.45, 7) is 1.37. The summed E-state index contributed by atoms with van der Waals surface area (Å²) in [6.07, 6.45) is 2.43. The monoisotopic (exact) mass is 263 g/mol. The second-order valence-corrected chi connectivity index (χ2v) is 4.70. The van der Waals surface area contributed by atoms with Crippen molar-refractivity contribution in [2.75, 3.05) is 6.54 Å². The highest BCUT2D eigenvalue weighted by Crippen LogP contribution is 2.13. The van der Waals surface area contributed by atoms with Gasteiger partial charge in [0.05, 0.1) is 4.92 Å². The maximum Gasteiger partial charge on any atom is 0.269 e. The Kier molecular flexibility index (Phi) is 4.46. The van der Waals surface area contributed by atoms with E-state index in [1.165, 1.54) is 12.1 Å². The van der Waals surface area contributed by atoms with E-state index in [0.717, 1.165) is 24.9 Å². The number of carbonyl (C=O) groups excluding carboxylic acids is 1. The topological polar surface area (TPSA) is 84.3 Å². The lowest BCUT2D eigenvalue weighted by Crippen LogP contribution is -2.32. The Bertz CT molecular complexity index is 459. The fourth-order valence-electron chi connectivity index (χ4n) is 2.15. The van der Waals surface area contributed by atoms with Crippen molar-refractivity contribution >= 4 is 11.6 Å². The minimum absolute atomic E-state index is 0.0821. The van der Waals surface area contributed by atoms with E-state index in [1.54, 1.807) is 12.1 Å². The molecule has 0 radical (unpaired) electrons. The van der Waals surface area contributed by atoms with Crippen molar-refractivity contribution in [3.63, 3.8) is 0 Å². The molecule has 0 spiro atoms. The molecule has 2 rings (SSSR count). The molecule has 1 atom stereocenters. The van der Waals surface area contributed by atoms with Crippen molar-refractivity contribution in [1.29, 1.82) is 0 Å². The maximum atomic E-state index is 11.4. The van der Waals surface area contributed by atoms with Crippen molar-refractivity contribution in [1.82, 2.24) is 10.6 Å². The van der Waals surface area contributed by atoms with Crippen LogP contribution in [0.2, 0.25) is 0 Å². The lowest BCUT2D eigenvalue weighted by Gasteiger charge is -2.14. The molecule has 2 N–H and O–H groups in total. The Morgan fingerprint density at radius 1 is 1.37 bits per heavy atom. The van der Waals surface area contributed by atoms with Crippen molar-refractivity contribution in [2.45, 2.75) is 31.8 Å². The van der Waals surface area contributed by atoms with Crippen LogP contribution in [0.1, 0.15) is 24.8 Å². The highest BCUT2D eigenvalue weighted by Gasteiger charge is 2.16. The Morgan fingerprint density at radius 2 is 2.11 bits per heavy atom. The van der Waals surface area contributed by atoms with E-state index in [0.29, 0.717) is 13.0 Å². The van der Waals surface area contributed by atoms with Crippen molar-refractivity contribution < 1.29 is 9.72 Å². The summed E-state index contributed by atoms with van der Waals surface area (Å²) in [7, 11) is 0. The van der Waals surface area contributed by atoms with E-state index in [-0.39, 0.29) is 17.6 Å². The van der Waals surface area contributed by atoms with Gasteiger partial charge in [0.15, 0.2) is 0 Å². The molecular formula is C13H17N3O3. The third kappa shape index (κ3) is 4.03. The standard InChI is InChI=1S/C13H17N3O3/c17-13-8-11(2-1-7-14-13)15-9-10-3-5-12(6-4-10)16(18)19/h3-6,11,15H,1-2,7-9H2,(H,14,17). The molecule has 19 heavy (non-hydrogen) atoms. The van der Waals surface area contributed by atoms with Gasteiger partial charge < -0.3 is 10.6 Å². The molecule has 1 unspecified atom stereocenters. The minimum Gasteiger partial charge on any atom is -0.356 e. The van der Waals surface area contributed by atoms with Gasteiger partial charge in [0.1, 0.15) is 0 Å². The second kappa shape index (κ2) is 6.29. The number of nitrogens with one attached hydrogen (secondary N) is 2. The zero-order chi connectivity index (χ0) is 13.7. The van der Waals surface area contributed by atoms with Gasteiger partial charge in [-0.05, 0) is 18.4 Å². The molecule has 1 aromatic carbocycles. The van der Waals surface area contributed by atoms with E-state index < -0.39 is 4.92 Å². The van der Waals surface area contributed by atoms with Crippen molar-refractivity contribution in [3.8, 4) is 0 Å². The summed E-state index contributed by atoms with van der Waals surface area (Å²) in [6, 6.07) is 6.65. The second-order valence-electron chi connectivity index (χ2n) is 4.70. The quantitative estimate of drug-likeness (QED) is 0.634. The Hall–Kier alpha value is -1.95. The first kappa shape index (κ1) is 13.5. The summed E-state index contributed by atoms with van der Waals surface area (Å²) in [5.74, 6) is 0.0821. The van der Waals surface area contributed by atoms with Gasteiger partial charge in [0.25, 0.3) is 5.69 Å². The zero-order valence-electron chi connectivity index (χ0n) is 10.6. The van der Waals surface area contributed by atoms with E-state index in [1.807, 2.05) is 0 Å². The SMILES string of the molecule is O=C1CC(NCc2ccc([N+](=O)[O-])cc2)CCCN1. The lowest BCUT2D eigenvalue weighted by molar-refractivity contribution is -0.384. The molecule has 1 aromatic rings. The molecule has 1 aliphatic heterocycles. The molecule has 1 aliphatic rings. The molecule has 0 saturated carbocycles. The predicted octanol–water partition coefficient (Wildman–Crippen LogP) is 1.35. The number of nitrogens with zero attached hydrogens (tertiary/aromatic N) is 1. The van der Waals surface area contributed by atoms with Gasteiger partial charge >= 0.3 is 0 Å². The summed E-state index contributed by atoms with van der Waals surface area (Å²) < 4.78 is 0. The lowest BCUT2D eigenvalue weighted by atomic mass is 10.1. The van der Waals surface area contributed by atoms with Crippen LogP contribution in [0.4, 0.5) is 5.69 Å². The van der Waals surface area contributed by atoms with Crippen LogP contribution < -0.4 is 10.6 Å². The van der Waals surface area contributed by atoms with Crippen molar-refractivity contribution in [3.05, 3.63) is 39.9 Å². The number of benzene rings is 1. The highest BCUT2D eigenvalue weighted by atomic mass is 16.6. The van der Waals surface area contributed by atoms with E-state index in [4.69, 9.17) is 0 Å². The first-order valence-electron chi connectivity index (χ1n) is 6.38. The number of non-ortho nitro benzene ring substituents is 1. The number of hydrogen-bond acceptors (Lipinski definition) is 4. The number of hydrogen-bond donors (Lipinski definition) is 2. The first-order valence-corrected chi connectivity index (χ1v) is 6.38. The molecule has 6 nitrogen and oxygen atoms in total. The number of rotatable bonds is 4. The van der Waals surface area contributed by atoms with Gasteiger partial charge in [-0.2, -0.15) is 0 Å². The van der Waals surface area contributed by atoms with Crippen LogP contribution in [0.25, 0.3) is 0 Å². The fourth-order valence-corrected chi connectivity index (χ4v) is 2.15. The molecule has 1 saturated heterocycles. The number of nitro groups is 1. The van der Waals surface area contributed by atoms with Gasteiger partial charge in [-0.15, -0.1) is 0 Å². The van der Waals surface area contributed by atoms with Gasteiger partial charge in [0, 0.05) is 37.7 Å². The van der Waals surface area contributed by atoms with Crippen LogP contribution >= 0.6 is 0 Å². The molecular weight excluding hydrogens is 246 g/mol. The molecule has 102 valence electrons. The van der Waals surface area contributed by atoms with Crippen molar-refractivity contribution in [2.24, 2.45) is 0 Å². The normalized spacial score (nSPS) is 19.6. The highest BCUT2D eigenvalue weighted by molar-refractivity contribution is 5.76. The molecule has 1 amide bonds. The summed E-state index contributed by atoms with van der Waals surface area (Å²) in [5, 5.41) is 16.7. The molecule has 6 heteroatoms. The van der Waals surface area contributed by atoms with Gasteiger partial charge in [-0.25, -0.2) is 0 Å². The Labute approximate surface area is 111 Å². The van der Waals surface area contributed by atoms with Gasteiger partial charge in [-0.3, -0.25) is 14.9 Å². The first-order chi connectivity index (χ1) is 9.15. The van der Waals surface area contributed by atoms with Crippen LogP contribution in [-0.4, -0.2) is 23.4 Å². The molecule has 1 heterocycles. The smallest absolute Gasteiger partial charge is 0.269 e. The molecule has 0 aromatic heterocycles. The van der Waals surface area contributed by atoms with Crippen LogP contribution in [0.15, 0.2) is 24.3 Å². The van der Waals surface area contributed by atoms with Gasteiger partial charge in [0.2, 0.25) is 5.91 Å². The third-order valence-corrected chi connectivity index (χ3v) is 3.23. The predicted molar refractivity (Wildman–Crippen MR) is 70.6 cm³/mol. The van der Waals surface area contributed by atoms with Crippen LogP contribution in [0.5, 0.6) is 0 Å². The largest absolute Gasteiger partial charge is 0.356 e. The van der Waals surface area contributed by atoms with Crippen LogP contribution in [-0.2, 0) is 11.3 Å². The van der Waals surface area contributed by atoms with Crippen LogP contribution in [0.3, 0.4) is 0 Å². The number of amides is 1. The maximum absolute atomic E-state index is 11.4. The van der Waals surface area contributed by atoms with E-state index in [2.05, 4.69) is 10.6 Å². The number of carbonyl (C=O) groups is 1. The minimum atomic E-state index is -0.410. The van der Waals surface area contributed by atoms with Gasteiger partial charge in [-0.1, -0.05) is 12.1 Å².